The third kappa shape index (κ3) is 7.29. The van der Waals surface area contributed by atoms with Crippen LogP contribution in [-0.2, 0) is 14.4 Å². The summed E-state index contributed by atoms with van der Waals surface area (Å²) >= 11 is 1.85. The number of carbonyl (C=O) groups excluding carboxylic acids is 2. The summed E-state index contributed by atoms with van der Waals surface area (Å²) in [4.78, 5) is 32.8. The first kappa shape index (κ1) is 29.7. The molecule has 3 aromatic carbocycles. The number of hydroxylamine groups is 1. The van der Waals surface area contributed by atoms with E-state index in [-0.39, 0.29) is 17.9 Å². The van der Waals surface area contributed by atoms with E-state index in [0.29, 0.717) is 13.0 Å². The maximum Gasteiger partial charge on any atom is 0.410 e. The molecule has 1 aliphatic heterocycles. The first-order valence-corrected chi connectivity index (χ1v) is 14.4. The van der Waals surface area contributed by atoms with Crippen LogP contribution in [0.3, 0.4) is 0 Å². The molecular weight excluding hydrogens is 536 g/mol. The molecule has 0 aromatic heterocycles. The topological polar surface area (TPSA) is 83.5 Å². The van der Waals surface area contributed by atoms with Gasteiger partial charge in [0.1, 0.15) is 6.61 Å². The van der Waals surface area contributed by atoms with E-state index in [0.717, 1.165) is 6.42 Å². The van der Waals surface area contributed by atoms with Crippen molar-refractivity contribution in [3.63, 3.8) is 0 Å². The van der Waals surface area contributed by atoms with Gasteiger partial charge in [0.2, 0.25) is 0 Å². The zero-order valence-corrected chi connectivity index (χ0v) is 24.2. The van der Waals surface area contributed by atoms with E-state index in [1.165, 1.54) is 21.6 Å². The fourth-order valence-corrected chi connectivity index (χ4v) is 6.82. The number of hydrogen-bond acceptors (Lipinski definition) is 6. The van der Waals surface area contributed by atoms with E-state index in [1.807, 2.05) is 30.0 Å². The molecule has 9 heteroatoms. The number of amides is 3. The molecule has 0 saturated carbocycles. The number of urea groups is 1. The number of likely N-dealkylation sites (tertiary alicyclic amines) is 1. The Bertz CT molecular complexity index is 1210. The van der Waals surface area contributed by atoms with Crippen LogP contribution in [0.2, 0.25) is 0 Å². The summed E-state index contributed by atoms with van der Waals surface area (Å²) in [5.74, 6) is 0. The van der Waals surface area contributed by atoms with Crippen LogP contribution in [0.5, 0.6) is 0 Å². The predicted molar refractivity (Wildman–Crippen MR) is 164 cm³/mol. The van der Waals surface area contributed by atoms with Crippen LogP contribution in [0.4, 0.5) is 9.59 Å². The molecular formula is C32H36N4O4S. The molecule has 214 valence electrons. The highest BCUT2D eigenvalue weighted by molar-refractivity contribution is 8.01. The summed E-state index contributed by atoms with van der Waals surface area (Å²) in [5, 5.41) is 3.95. The highest BCUT2D eigenvalue weighted by atomic mass is 32.2. The maximum absolute atomic E-state index is 13.1. The van der Waals surface area contributed by atoms with E-state index in [9.17, 15) is 9.59 Å². The average molecular weight is 573 g/mol. The van der Waals surface area contributed by atoms with E-state index in [2.05, 4.69) is 90.0 Å². The molecule has 1 fully saturated rings. The molecule has 1 N–H and O–H groups in total. The molecule has 1 saturated heterocycles. The first-order chi connectivity index (χ1) is 20.0. The Balaban J connectivity index is 1.64. The number of nitrogens with zero attached hydrogens (tertiary/aromatic N) is 3. The van der Waals surface area contributed by atoms with Crippen molar-refractivity contribution in [1.82, 2.24) is 15.3 Å². The molecule has 4 rings (SSSR count). The lowest BCUT2D eigenvalue weighted by atomic mass is 9.84. The predicted octanol–water partition coefficient (Wildman–Crippen LogP) is 6.06. The molecule has 3 aromatic rings. The second-order valence-corrected chi connectivity index (χ2v) is 11.4. The number of rotatable bonds is 11. The first-order valence-electron chi connectivity index (χ1n) is 13.5. The van der Waals surface area contributed by atoms with Crippen LogP contribution in [0.25, 0.3) is 0 Å². The van der Waals surface area contributed by atoms with E-state index in [1.54, 1.807) is 31.3 Å². The van der Waals surface area contributed by atoms with Gasteiger partial charge in [-0.1, -0.05) is 109 Å². The van der Waals surface area contributed by atoms with Crippen molar-refractivity contribution in [2.24, 2.45) is 5.16 Å². The Morgan fingerprint density at radius 2 is 1.54 bits per heavy atom. The number of hydrogen-bond donors (Lipinski definition) is 1. The fraction of sp³-hybridized carbons (Fsp3) is 0.281. The molecule has 8 nitrogen and oxygen atoms in total. The van der Waals surface area contributed by atoms with Gasteiger partial charge in [0.15, 0.2) is 0 Å². The van der Waals surface area contributed by atoms with Crippen molar-refractivity contribution in [1.29, 1.82) is 0 Å². The Kier molecular flexibility index (Phi) is 10.5. The molecule has 1 aliphatic rings. The molecule has 0 unspecified atom stereocenters. The summed E-state index contributed by atoms with van der Waals surface area (Å²) in [6, 6.07) is 30.9. The van der Waals surface area contributed by atoms with E-state index < -0.39 is 16.9 Å². The molecule has 2 atom stereocenters. The molecule has 0 bridgehead atoms. The van der Waals surface area contributed by atoms with Gasteiger partial charge in [-0.15, -0.1) is 17.2 Å². The largest absolute Gasteiger partial charge is 0.445 e. The number of carbonyl (C=O) groups is 2. The van der Waals surface area contributed by atoms with Gasteiger partial charge in [-0.25, -0.2) is 9.59 Å². The number of ether oxygens (including phenoxy) is 1. The quantitative estimate of drug-likeness (QED) is 0.131. The van der Waals surface area contributed by atoms with Gasteiger partial charge in [0.05, 0.1) is 4.75 Å². The van der Waals surface area contributed by atoms with Gasteiger partial charge >= 0.3 is 12.1 Å². The smallest absolute Gasteiger partial charge is 0.410 e. The van der Waals surface area contributed by atoms with Crippen molar-refractivity contribution in [3.8, 4) is 0 Å². The second kappa shape index (κ2) is 14.4. The van der Waals surface area contributed by atoms with Crippen molar-refractivity contribution in [2.75, 3.05) is 27.2 Å². The van der Waals surface area contributed by atoms with Crippen molar-refractivity contribution in [2.45, 2.75) is 28.9 Å². The maximum atomic E-state index is 13.1. The van der Waals surface area contributed by atoms with Crippen LogP contribution in [0.15, 0.2) is 109 Å². The third-order valence-electron chi connectivity index (χ3n) is 6.86. The molecule has 3 amide bonds. The van der Waals surface area contributed by atoms with Gasteiger partial charge in [-0.05, 0) is 23.1 Å². The number of thioether (sulfide) groups is 1. The van der Waals surface area contributed by atoms with Crippen LogP contribution in [0, 0.1) is 0 Å². The van der Waals surface area contributed by atoms with Gasteiger partial charge < -0.3 is 14.5 Å². The van der Waals surface area contributed by atoms with Crippen LogP contribution in [0.1, 0.15) is 29.5 Å². The third-order valence-corrected chi connectivity index (χ3v) is 8.60. The Morgan fingerprint density at radius 3 is 2.02 bits per heavy atom. The van der Waals surface area contributed by atoms with Crippen LogP contribution < -0.4 is 5.48 Å². The van der Waals surface area contributed by atoms with Crippen molar-refractivity contribution >= 4 is 30.1 Å². The summed E-state index contributed by atoms with van der Waals surface area (Å²) in [5.41, 5.74) is 5.73. The van der Waals surface area contributed by atoms with Gasteiger partial charge in [0.25, 0.3) is 0 Å². The van der Waals surface area contributed by atoms with E-state index >= 15 is 0 Å². The zero-order valence-electron chi connectivity index (χ0n) is 23.4. The van der Waals surface area contributed by atoms with Crippen molar-refractivity contribution < 1.29 is 19.3 Å². The summed E-state index contributed by atoms with van der Waals surface area (Å²) in [7, 11) is 3.21. The standard InChI is InChI=1S/C32H36N4O4S/c1-4-22-39-31(38)36-24-29(23-28(36)20-21-33-40-34-30(37)35(2)3)41-32(25-14-8-5-9-15-25,26-16-10-6-11-17-26)27-18-12-7-13-19-27/h4-19,21,28-29H,1,20,22-24H2,2-3H3,(H,34,37)/b33-21-/t28-,29-/m0/s1. The minimum absolute atomic E-state index is 0.0830. The summed E-state index contributed by atoms with van der Waals surface area (Å²) in [6.07, 6.45) is 3.90. The van der Waals surface area contributed by atoms with Gasteiger partial charge in [-0.2, -0.15) is 0 Å². The Morgan fingerprint density at radius 1 is 1.00 bits per heavy atom. The Hall–Kier alpha value is -4.24. The minimum Gasteiger partial charge on any atom is -0.445 e. The van der Waals surface area contributed by atoms with Gasteiger partial charge in [-0.3, -0.25) is 4.94 Å². The molecule has 0 spiro atoms. The van der Waals surface area contributed by atoms with E-state index in [4.69, 9.17) is 9.68 Å². The molecule has 0 aliphatic carbocycles. The van der Waals surface area contributed by atoms with Crippen LogP contribution in [-0.4, -0.2) is 66.7 Å². The van der Waals surface area contributed by atoms with Gasteiger partial charge in [0, 0.05) is 44.6 Å². The lowest BCUT2D eigenvalue weighted by Crippen LogP contribution is -2.37. The minimum atomic E-state index is -0.506. The number of nitrogens with one attached hydrogen (secondary N) is 1. The Labute approximate surface area is 246 Å². The highest BCUT2D eigenvalue weighted by Crippen LogP contribution is 2.52. The lowest BCUT2D eigenvalue weighted by molar-refractivity contribution is 0.0580. The zero-order chi connectivity index (χ0) is 29.1. The fourth-order valence-electron chi connectivity index (χ4n) is 4.95. The summed E-state index contributed by atoms with van der Waals surface area (Å²) < 4.78 is 4.94. The monoisotopic (exact) mass is 572 g/mol. The number of benzene rings is 3. The molecule has 41 heavy (non-hydrogen) atoms. The normalized spacial score (nSPS) is 16.8. The number of oxime groups is 1. The summed E-state index contributed by atoms with van der Waals surface area (Å²) in [6.45, 7) is 4.30. The molecule has 1 heterocycles. The average Bonchev–Trinajstić information content (AvgIpc) is 3.42. The second-order valence-electron chi connectivity index (χ2n) is 9.84. The highest BCUT2D eigenvalue weighted by Gasteiger charge is 2.44. The SMILES string of the molecule is C=CCOC(=O)N1C[C@@H](SC(c2ccccc2)(c2ccccc2)c2ccccc2)C[C@@H]1C/C=N\ONC(=O)N(C)C. The van der Waals surface area contributed by atoms with Crippen molar-refractivity contribution in [3.05, 3.63) is 120 Å². The molecule has 0 radical (unpaired) electrons. The lowest BCUT2D eigenvalue weighted by Gasteiger charge is -2.37. The van der Waals surface area contributed by atoms with Crippen LogP contribution >= 0.6 is 11.8 Å².